The monoisotopic (exact) mass is 266 g/mol. The molecular weight excluding hydrogens is 253 g/mol. The molecule has 0 atom stereocenters. The highest BCUT2D eigenvalue weighted by atomic mass is 19.4. The Balaban J connectivity index is 1.91. The number of rotatable bonds is 2. The molecule has 0 amide bonds. The molecule has 100 valence electrons. The third kappa shape index (κ3) is 2.37. The van der Waals surface area contributed by atoms with Crippen LogP contribution in [0.15, 0.2) is 30.5 Å². The minimum Gasteiger partial charge on any atom is -0.342 e. The largest absolute Gasteiger partial charge is 0.416 e. The number of nitrogens with zero attached hydrogens (tertiary/aromatic N) is 1. The van der Waals surface area contributed by atoms with Crippen LogP contribution in [0.4, 0.5) is 13.2 Å². The van der Waals surface area contributed by atoms with Gasteiger partial charge in [-0.2, -0.15) is 13.2 Å². The van der Waals surface area contributed by atoms with Crippen molar-refractivity contribution in [1.82, 2.24) is 9.97 Å². The van der Waals surface area contributed by atoms with E-state index in [0.717, 1.165) is 30.8 Å². The minimum atomic E-state index is -4.31. The van der Waals surface area contributed by atoms with Crippen LogP contribution in [0.25, 0.3) is 11.3 Å². The summed E-state index contributed by atoms with van der Waals surface area (Å²) in [6.45, 7) is 0. The molecule has 0 saturated heterocycles. The van der Waals surface area contributed by atoms with Crippen molar-refractivity contribution >= 4 is 0 Å². The summed E-state index contributed by atoms with van der Waals surface area (Å²) >= 11 is 0. The van der Waals surface area contributed by atoms with Crippen LogP contribution in [0, 0.1) is 0 Å². The SMILES string of the molecule is FC(F)(F)c1cccc(-c2cnc(C3CCC3)[nH]2)c1. The van der Waals surface area contributed by atoms with Crippen molar-refractivity contribution in [2.24, 2.45) is 0 Å². The van der Waals surface area contributed by atoms with Gasteiger partial charge in [-0.25, -0.2) is 4.98 Å². The van der Waals surface area contributed by atoms with Crippen LogP contribution in [-0.4, -0.2) is 9.97 Å². The number of aromatic amines is 1. The fourth-order valence-corrected chi connectivity index (χ4v) is 2.24. The van der Waals surface area contributed by atoms with E-state index in [9.17, 15) is 13.2 Å². The van der Waals surface area contributed by atoms with E-state index in [2.05, 4.69) is 9.97 Å². The molecule has 0 aliphatic heterocycles. The van der Waals surface area contributed by atoms with Crippen LogP contribution in [0.3, 0.4) is 0 Å². The first-order valence-corrected chi connectivity index (χ1v) is 6.26. The van der Waals surface area contributed by atoms with Gasteiger partial charge in [0.05, 0.1) is 17.5 Å². The molecule has 3 rings (SSSR count). The molecule has 1 N–H and O–H groups in total. The Morgan fingerprint density at radius 2 is 2.00 bits per heavy atom. The van der Waals surface area contributed by atoms with E-state index in [-0.39, 0.29) is 0 Å². The topological polar surface area (TPSA) is 28.7 Å². The lowest BCUT2D eigenvalue weighted by molar-refractivity contribution is -0.137. The maximum absolute atomic E-state index is 12.7. The first-order valence-electron chi connectivity index (χ1n) is 6.26. The summed E-state index contributed by atoms with van der Waals surface area (Å²) in [5.74, 6) is 1.33. The molecule has 0 spiro atoms. The zero-order valence-corrected chi connectivity index (χ0v) is 10.2. The van der Waals surface area contributed by atoms with E-state index in [4.69, 9.17) is 0 Å². The smallest absolute Gasteiger partial charge is 0.342 e. The van der Waals surface area contributed by atoms with Crippen molar-refractivity contribution in [2.75, 3.05) is 0 Å². The molecule has 0 bridgehead atoms. The maximum Gasteiger partial charge on any atom is 0.416 e. The van der Waals surface area contributed by atoms with E-state index < -0.39 is 11.7 Å². The van der Waals surface area contributed by atoms with Crippen molar-refractivity contribution < 1.29 is 13.2 Å². The number of alkyl halides is 3. The molecule has 5 heteroatoms. The van der Waals surface area contributed by atoms with E-state index in [1.54, 1.807) is 12.3 Å². The highest BCUT2D eigenvalue weighted by Crippen LogP contribution is 2.36. The number of benzene rings is 1. The number of nitrogens with one attached hydrogen (secondary N) is 1. The number of aromatic nitrogens is 2. The number of halogens is 3. The average molecular weight is 266 g/mol. The molecule has 2 nitrogen and oxygen atoms in total. The first kappa shape index (κ1) is 12.3. The Labute approximate surface area is 108 Å². The molecule has 1 aliphatic carbocycles. The second-order valence-electron chi connectivity index (χ2n) is 4.89. The Morgan fingerprint density at radius 3 is 2.63 bits per heavy atom. The van der Waals surface area contributed by atoms with Gasteiger partial charge in [-0.05, 0) is 25.0 Å². The summed E-state index contributed by atoms with van der Waals surface area (Å²) in [5.41, 5.74) is 0.533. The van der Waals surface area contributed by atoms with Crippen LogP contribution >= 0.6 is 0 Å². The molecule has 1 saturated carbocycles. The van der Waals surface area contributed by atoms with Gasteiger partial charge in [-0.15, -0.1) is 0 Å². The maximum atomic E-state index is 12.7. The van der Waals surface area contributed by atoms with Crippen LogP contribution in [-0.2, 0) is 6.18 Å². The lowest BCUT2D eigenvalue weighted by atomic mass is 9.85. The number of imidazole rings is 1. The molecular formula is C14H13F3N2. The molecule has 1 aromatic heterocycles. The molecule has 1 aliphatic rings. The van der Waals surface area contributed by atoms with Gasteiger partial charge in [-0.1, -0.05) is 18.6 Å². The number of H-pyrrole nitrogens is 1. The summed E-state index contributed by atoms with van der Waals surface area (Å²) in [6, 6.07) is 5.31. The van der Waals surface area contributed by atoms with Gasteiger partial charge in [0.15, 0.2) is 0 Å². The number of hydrogen-bond acceptors (Lipinski definition) is 1. The summed E-state index contributed by atoms with van der Waals surface area (Å²) in [7, 11) is 0. The van der Waals surface area contributed by atoms with Crippen molar-refractivity contribution in [3.8, 4) is 11.3 Å². The summed E-state index contributed by atoms with van der Waals surface area (Å²) in [5, 5.41) is 0. The Morgan fingerprint density at radius 1 is 1.21 bits per heavy atom. The zero-order chi connectivity index (χ0) is 13.5. The normalized spacial score (nSPS) is 16.4. The fraction of sp³-hybridized carbons (Fsp3) is 0.357. The first-order chi connectivity index (χ1) is 9.04. The van der Waals surface area contributed by atoms with Crippen LogP contribution < -0.4 is 0 Å². The van der Waals surface area contributed by atoms with E-state index in [1.165, 1.54) is 12.5 Å². The highest BCUT2D eigenvalue weighted by Gasteiger charge is 2.30. The Hall–Kier alpha value is -1.78. The standard InChI is InChI=1S/C14H13F3N2/c15-14(16,17)11-6-2-5-10(7-11)12-8-18-13(19-12)9-3-1-4-9/h2,5-9H,1,3-4H2,(H,18,19). The second kappa shape index (κ2) is 4.40. The molecule has 0 unspecified atom stereocenters. The third-order valence-corrected chi connectivity index (χ3v) is 3.59. The van der Waals surface area contributed by atoms with Gasteiger partial charge in [0.2, 0.25) is 0 Å². The predicted octanol–water partition coefficient (Wildman–Crippen LogP) is 4.36. The molecule has 2 aromatic rings. The molecule has 1 heterocycles. The summed E-state index contributed by atoms with van der Waals surface area (Å²) in [4.78, 5) is 7.40. The van der Waals surface area contributed by atoms with Gasteiger partial charge >= 0.3 is 6.18 Å². The van der Waals surface area contributed by atoms with Crippen LogP contribution in [0.5, 0.6) is 0 Å². The van der Waals surface area contributed by atoms with Gasteiger partial charge in [0.1, 0.15) is 5.82 Å². The quantitative estimate of drug-likeness (QED) is 0.859. The van der Waals surface area contributed by atoms with Crippen molar-refractivity contribution in [3.05, 3.63) is 41.9 Å². The third-order valence-electron chi connectivity index (χ3n) is 3.59. The summed E-state index contributed by atoms with van der Waals surface area (Å²) < 4.78 is 38.0. The van der Waals surface area contributed by atoms with Gasteiger partial charge in [0, 0.05) is 11.5 Å². The highest BCUT2D eigenvalue weighted by molar-refractivity contribution is 5.59. The molecule has 0 radical (unpaired) electrons. The van der Waals surface area contributed by atoms with E-state index in [0.29, 0.717) is 17.2 Å². The van der Waals surface area contributed by atoms with Crippen molar-refractivity contribution in [2.45, 2.75) is 31.4 Å². The van der Waals surface area contributed by atoms with Crippen molar-refractivity contribution in [3.63, 3.8) is 0 Å². The molecule has 1 fully saturated rings. The van der Waals surface area contributed by atoms with Crippen molar-refractivity contribution in [1.29, 1.82) is 0 Å². The van der Waals surface area contributed by atoms with Gasteiger partial charge < -0.3 is 4.98 Å². The lowest BCUT2D eigenvalue weighted by Crippen LogP contribution is -2.10. The number of hydrogen-bond donors (Lipinski definition) is 1. The van der Waals surface area contributed by atoms with E-state index in [1.807, 2.05) is 0 Å². The van der Waals surface area contributed by atoms with E-state index >= 15 is 0 Å². The second-order valence-corrected chi connectivity index (χ2v) is 4.89. The average Bonchev–Trinajstić information content (AvgIpc) is 2.75. The fourth-order valence-electron chi connectivity index (χ4n) is 2.24. The van der Waals surface area contributed by atoms with Crippen LogP contribution in [0.2, 0.25) is 0 Å². The molecule has 1 aromatic carbocycles. The minimum absolute atomic E-state index is 0.444. The van der Waals surface area contributed by atoms with Crippen LogP contribution in [0.1, 0.15) is 36.6 Å². The summed E-state index contributed by atoms with van der Waals surface area (Å²) in [6.07, 6.45) is 0.714. The Bertz CT molecular complexity index is 582. The van der Waals surface area contributed by atoms with Gasteiger partial charge in [-0.3, -0.25) is 0 Å². The predicted molar refractivity (Wildman–Crippen MR) is 65.6 cm³/mol. The lowest BCUT2D eigenvalue weighted by Gasteiger charge is -2.22. The molecule has 19 heavy (non-hydrogen) atoms. The Kier molecular flexibility index (Phi) is 2.84. The van der Waals surface area contributed by atoms with Gasteiger partial charge in [0.25, 0.3) is 0 Å². The zero-order valence-electron chi connectivity index (χ0n) is 10.2.